The second-order valence-corrected chi connectivity index (χ2v) is 5.09. The second-order valence-electron chi connectivity index (χ2n) is 5.09. The summed E-state index contributed by atoms with van der Waals surface area (Å²) in [6.07, 6.45) is 0.606. The van der Waals surface area contributed by atoms with Crippen molar-refractivity contribution in [2.24, 2.45) is 5.92 Å². The predicted octanol–water partition coefficient (Wildman–Crippen LogP) is -0.451. The molecule has 1 N–H and O–H groups in total. The van der Waals surface area contributed by atoms with Gasteiger partial charge in [0.25, 0.3) is 0 Å². The van der Waals surface area contributed by atoms with Crippen LogP contribution in [0.2, 0.25) is 0 Å². The van der Waals surface area contributed by atoms with E-state index in [2.05, 4.69) is 10.1 Å². The van der Waals surface area contributed by atoms with Crippen molar-refractivity contribution in [3.8, 4) is 0 Å². The van der Waals surface area contributed by atoms with Crippen LogP contribution >= 0.6 is 0 Å². The van der Waals surface area contributed by atoms with E-state index in [0.717, 1.165) is 0 Å². The van der Waals surface area contributed by atoms with Gasteiger partial charge in [-0.1, -0.05) is 13.8 Å². The molecule has 0 saturated carbocycles. The smallest absolute Gasteiger partial charge is 0.331 e. The predicted molar refractivity (Wildman–Crippen MR) is 70.8 cm³/mol. The van der Waals surface area contributed by atoms with Crippen LogP contribution in [0.4, 0.5) is 0 Å². The third-order valence-corrected chi connectivity index (χ3v) is 3.02. The van der Waals surface area contributed by atoms with Gasteiger partial charge in [-0.15, -0.1) is 0 Å². The molecule has 114 valence electrons. The molecule has 0 spiro atoms. The Morgan fingerprint density at radius 3 is 2.70 bits per heavy atom. The standard InChI is InChI=1S/C13H22N2O5/c1-9(2)6-10-13(18)14-4-5-15(10)11(16)7-20-8-12(17)19-3/h9-10H,4-8H2,1-3H3,(H,14,18). The second kappa shape index (κ2) is 7.84. The van der Waals surface area contributed by atoms with E-state index in [1.54, 1.807) is 0 Å². The van der Waals surface area contributed by atoms with E-state index in [-0.39, 0.29) is 25.0 Å². The average molecular weight is 286 g/mol. The van der Waals surface area contributed by atoms with Crippen LogP contribution in [0.1, 0.15) is 20.3 Å². The number of carbonyl (C=O) groups excluding carboxylic acids is 3. The molecule has 0 aromatic carbocycles. The molecule has 0 radical (unpaired) electrons. The van der Waals surface area contributed by atoms with Crippen molar-refractivity contribution >= 4 is 17.8 Å². The number of methoxy groups -OCH3 is 1. The first-order valence-electron chi connectivity index (χ1n) is 6.67. The molecule has 1 fully saturated rings. The Labute approximate surface area is 118 Å². The molecule has 1 rings (SSSR count). The van der Waals surface area contributed by atoms with E-state index in [4.69, 9.17) is 4.74 Å². The first-order valence-corrected chi connectivity index (χ1v) is 6.67. The highest BCUT2D eigenvalue weighted by Crippen LogP contribution is 2.14. The molecule has 1 aliphatic rings. The molecule has 7 heteroatoms. The lowest BCUT2D eigenvalue weighted by molar-refractivity contribution is -0.152. The average Bonchev–Trinajstić information content (AvgIpc) is 2.40. The minimum atomic E-state index is -0.534. The SMILES string of the molecule is COC(=O)COCC(=O)N1CCNC(=O)C1CC(C)C. The number of nitrogens with one attached hydrogen (secondary N) is 1. The summed E-state index contributed by atoms with van der Waals surface area (Å²) in [5, 5.41) is 2.76. The summed E-state index contributed by atoms with van der Waals surface area (Å²) in [6, 6.07) is -0.460. The summed E-state index contributed by atoms with van der Waals surface area (Å²) >= 11 is 0. The molecule has 1 atom stereocenters. The van der Waals surface area contributed by atoms with Crippen molar-refractivity contribution in [2.45, 2.75) is 26.3 Å². The largest absolute Gasteiger partial charge is 0.467 e. The molecular formula is C13H22N2O5. The maximum Gasteiger partial charge on any atom is 0.331 e. The summed E-state index contributed by atoms with van der Waals surface area (Å²) < 4.78 is 9.41. The van der Waals surface area contributed by atoms with E-state index in [1.165, 1.54) is 12.0 Å². The Morgan fingerprint density at radius 1 is 1.40 bits per heavy atom. The lowest BCUT2D eigenvalue weighted by Crippen LogP contribution is -2.58. The fourth-order valence-electron chi connectivity index (χ4n) is 2.06. The third-order valence-electron chi connectivity index (χ3n) is 3.02. The van der Waals surface area contributed by atoms with Gasteiger partial charge in [0.2, 0.25) is 11.8 Å². The molecule has 2 amide bonds. The lowest BCUT2D eigenvalue weighted by atomic mass is 10.00. The molecule has 1 saturated heterocycles. The zero-order valence-electron chi connectivity index (χ0n) is 12.2. The van der Waals surface area contributed by atoms with Gasteiger partial charge in [0.1, 0.15) is 19.3 Å². The van der Waals surface area contributed by atoms with E-state index in [0.29, 0.717) is 25.4 Å². The summed E-state index contributed by atoms with van der Waals surface area (Å²) in [6.45, 7) is 4.41. The Morgan fingerprint density at radius 2 is 2.10 bits per heavy atom. The summed E-state index contributed by atoms with van der Waals surface area (Å²) in [5.74, 6) is -0.649. The highest BCUT2D eigenvalue weighted by molar-refractivity contribution is 5.89. The monoisotopic (exact) mass is 286 g/mol. The van der Waals surface area contributed by atoms with Crippen molar-refractivity contribution in [3.05, 3.63) is 0 Å². The highest BCUT2D eigenvalue weighted by Gasteiger charge is 2.33. The number of nitrogens with zero attached hydrogens (tertiary/aromatic N) is 1. The number of rotatable bonds is 6. The summed E-state index contributed by atoms with van der Waals surface area (Å²) in [7, 11) is 1.25. The Kier molecular flexibility index (Phi) is 6.44. The normalized spacial score (nSPS) is 18.9. The number of carbonyl (C=O) groups is 3. The van der Waals surface area contributed by atoms with Crippen LogP contribution < -0.4 is 5.32 Å². The maximum atomic E-state index is 12.1. The van der Waals surface area contributed by atoms with Crippen molar-refractivity contribution in [2.75, 3.05) is 33.4 Å². The van der Waals surface area contributed by atoms with Gasteiger partial charge in [-0.2, -0.15) is 0 Å². The van der Waals surface area contributed by atoms with Gasteiger partial charge in [-0.25, -0.2) is 4.79 Å². The molecule has 1 heterocycles. The number of hydrogen-bond donors (Lipinski definition) is 1. The molecule has 7 nitrogen and oxygen atoms in total. The number of piperazine rings is 1. The quantitative estimate of drug-likeness (QED) is 0.668. The molecule has 0 aromatic rings. The van der Waals surface area contributed by atoms with Gasteiger partial charge in [0.05, 0.1) is 7.11 Å². The third kappa shape index (κ3) is 4.80. The molecule has 1 unspecified atom stereocenters. The highest BCUT2D eigenvalue weighted by atomic mass is 16.6. The van der Waals surface area contributed by atoms with E-state index in [9.17, 15) is 14.4 Å². The van der Waals surface area contributed by atoms with E-state index in [1.807, 2.05) is 13.8 Å². The van der Waals surface area contributed by atoms with Crippen molar-refractivity contribution in [1.82, 2.24) is 10.2 Å². The first kappa shape index (κ1) is 16.4. The number of esters is 1. The van der Waals surface area contributed by atoms with Crippen LogP contribution in [0, 0.1) is 5.92 Å². The van der Waals surface area contributed by atoms with E-state index < -0.39 is 12.0 Å². The van der Waals surface area contributed by atoms with Crippen molar-refractivity contribution in [1.29, 1.82) is 0 Å². The Bertz CT molecular complexity index is 370. The topological polar surface area (TPSA) is 84.9 Å². The van der Waals surface area contributed by atoms with Crippen LogP contribution in [0.3, 0.4) is 0 Å². The van der Waals surface area contributed by atoms with Crippen LogP contribution in [-0.2, 0) is 23.9 Å². The van der Waals surface area contributed by atoms with Crippen LogP contribution in [0.5, 0.6) is 0 Å². The number of ether oxygens (including phenoxy) is 2. The van der Waals surface area contributed by atoms with Gasteiger partial charge < -0.3 is 19.7 Å². The van der Waals surface area contributed by atoms with Crippen LogP contribution in [0.15, 0.2) is 0 Å². The minimum Gasteiger partial charge on any atom is -0.467 e. The van der Waals surface area contributed by atoms with Gasteiger partial charge in [-0.05, 0) is 12.3 Å². The lowest BCUT2D eigenvalue weighted by Gasteiger charge is -2.35. The fourth-order valence-corrected chi connectivity index (χ4v) is 2.06. The van der Waals surface area contributed by atoms with Crippen LogP contribution in [0.25, 0.3) is 0 Å². The Balaban J connectivity index is 2.54. The van der Waals surface area contributed by atoms with E-state index >= 15 is 0 Å². The van der Waals surface area contributed by atoms with Gasteiger partial charge in [0, 0.05) is 13.1 Å². The van der Waals surface area contributed by atoms with Crippen molar-refractivity contribution < 1.29 is 23.9 Å². The van der Waals surface area contributed by atoms with Gasteiger partial charge in [-0.3, -0.25) is 9.59 Å². The Hall–Kier alpha value is -1.63. The zero-order chi connectivity index (χ0) is 15.1. The van der Waals surface area contributed by atoms with Crippen molar-refractivity contribution in [3.63, 3.8) is 0 Å². The fraction of sp³-hybridized carbons (Fsp3) is 0.769. The van der Waals surface area contributed by atoms with Gasteiger partial charge >= 0.3 is 5.97 Å². The number of hydrogen-bond acceptors (Lipinski definition) is 5. The van der Waals surface area contributed by atoms with Crippen LogP contribution in [-0.4, -0.2) is 62.1 Å². The van der Waals surface area contributed by atoms with Gasteiger partial charge in [0.15, 0.2) is 0 Å². The molecule has 0 aromatic heterocycles. The summed E-state index contributed by atoms with van der Waals surface area (Å²) in [4.78, 5) is 36.3. The minimum absolute atomic E-state index is 0.133. The molecule has 20 heavy (non-hydrogen) atoms. The molecular weight excluding hydrogens is 264 g/mol. The zero-order valence-corrected chi connectivity index (χ0v) is 12.2. The molecule has 1 aliphatic heterocycles. The maximum absolute atomic E-state index is 12.1. The first-order chi connectivity index (χ1) is 9.45. The molecule has 0 aliphatic carbocycles. The number of amides is 2. The summed E-state index contributed by atoms with van der Waals surface area (Å²) in [5.41, 5.74) is 0. The molecule has 0 bridgehead atoms.